The Hall–Kier alpha value is -2.20. The van der Waals surface area contributed by atoms with Gasteiger partial charge in [-0.05, 0) is 30.3 Å². The summed E-state index contributed by atoms with van der Waals surface area (Å²) in [6, 6.07) is 9.96. The van der Waals surface area contributed by atoms with Gasteiger partial charge in [0.05, 0.1) is 13.5 Å². The lowest BCUT2D eigenvalue weighted by Crippen LogP contribution is -2.21. The predicted molar refractivity (Wildman–Crippen MR) is 78.4 cm³/mol. The summed E-state index contributed by atoms with van der Waals surface area (Å²) in [4.78, 5) is 12.3. The van der Waals surface area contributed by atoms with Crippen molar-refractivity contribution >= 4 is 17.4 Å². The second-order valence-corrected chi connectivity index (χ2v) is 5.21. The Morgan fingerprint density at radius 1 is 1.33 bits per heavy atom. The van der Waals surface area contributed by atoms with E-state index in [0.29, 0.717) is 22.1 Å². The summed E-state index contributed by atoms with van der Waals surface area (Å²) in [6.45, 7) is 0. The van der Waals surface area contributed by atoms with Gasteiger partial charge in [0.25, 0.3) is 0 Å². The van der Waals surface area contributed by atoms with Crippen LogP contribution in [0.25, 0.3) is 0 Å². The summed E-state index contributed by atoms with van der Waals surface area (Å²) in [7, 11) is 1.55. The Morgan fingerprint density at radius 2 is 2.14 bits per heavy atom. The van der Waals surface area contributed by atoms with E-state index in [2.05, 4.69) is 0 Å². The molecule has 1 N–H and O–H groups in total. The summed E-state index contributed by atoms with van der Waals surface area (Å²) >= 11 is 6.02. The zero-order valence-electron chi connectivity index (χ0n) is 11.3. The Morgan fingerprint density at radius 3 is 2.90 bits per heavy atom. The Kier molecular flexibility index (Phi) is 3.47. The number of Topliss-reactive ketones (excluding diaryl/α,β-unsaturated/α-hetero) is 1. The highest BCUT2D eigenvalue weighted by Gasteiger charge is 2.31. The van der Waals surface area contributed by atoms with Crippen LogP contribution >= 0.6 is 11.6 Å². The van der Waals surface area contributed by atoms with Crippen LogP contribution in [-0.4, -0.2) is 18.0 Å². The highest BCUT2D eigenvalue weighted by molar-refractivity contribution is 6.30. The first-order chi connectivity index (χ1) is 10.1. The molecule has 1 aliphatic rings. The first-order valence-corrected chi connectivity index (χ1v) is 6.83. The summed E-state index contributed by atoms with van der Waals surface area (Å²) < 4.78 is 11.1. The van der Waals surface area contributed by atoms with Gasteiger partial charge in [0.15, 0.2) is 5.78 Å². The van der Waals surface area contributed by atoms with Gasteiger partial charge >= 0.3 is 0 Å². The molecule has 0 aliphatic carbocycles. The Bertz CT molecular complexity index is 711. The van der Waals surface area contributed by atoms with E-state index in [1.165, 1.54) is 6.07 Å². The number of ketones is 1. The van der Waals surface area contributed by atoms with Gasteiger partial charge in [-0.3, -0.25) is 4.79 Å². The van der Waals surface area contributed by atoms with Crippen molar-refractivity contribution in [3.8, 4) is 17.2 Å². The van der Waals surface area contributed by atoms with Crippen molar-refractivity contribution in [2.24, 2.45) is 0 Å². The zero-order chi connectivity index (χ0) is 15.0. The van der Waals surface area contributed by atoms with E-state index >= 15 is 0 Å². The number of carbonyl (C=O) groups excluding carboxylic acids is 1. The molecule has 1 atom stereocenters. The molecule has 4 nitrogen and oxygen atoms in total. The number of halogens is 1. The van der Waals surface area contributed by atoms with Gasteiger partial charge in [0, 0.05) is 10.6 Å². The number of ether oxygens (including phenoxy) is 2. The second-order valence-electron chi connectivity index (χ2n) is 4.77. The Labute approximate surface area is 126 Å². The molecule has 3 rings (SSSR count). The molecule has 1 aliphatic heterocycles. The number of fused-ring (bicyclic) bond motifs is 1. The topological polar surface area (TPSA) is 55.8 Å². The molecule has 1 unspecified atom stereocenters. The number of methoxy groups -OCH3 is 1. The number of phenolic OH excluding ortho intramolecular Hbond substituents is 1. The second kappa shape index (κ2) is 5.30. The van der Waals surface area contributed by atoms with E-state index in [1.54, 1.807) is 37.4 Å². The fraction of sp³-hybridized carbons (Fsp3) is 0.188. The molecule has 0 bridgehead atoms. The van der Waals surface area contributed by atoms with Crippen molar-refractivity contribution in [1.82, 2.24) is 0 Å². The highest BCUT2D eigenvalue weighted by Crippen LogP contribution is 2.41. The van der Waals surface area contributed by atoms with E-state index in [1.807, 2.05) is 0 Å². The highest BCUT2D eigenvalue weighted by atomic mass is 35.5. The number of aromatic hydroxyl groups is 1. The van der Waals surface area contributed by atoms with Crippen LogP contribution in [0.2, 0.25) is 5.02 Å². The fourth-order valence-electron chi connectivity index (χ4n) is 2.49. The molecule has 0 radical (unpaired) electrons. The van der Waals surface area contributed by atoms with Crippen LogP contribution in [0.5, 0.6) is 17.2 Å². The third-order valence-electron chi connectivity index (χ3n) is 3.46. The van der Waals surface area contributed by atoms with Crippen LogP contribution in [-0.2, 0) is 0 Å². The first-order valence-electron chi connectivity index (χ1n) is 6.45. The lowest BCUT2D eigenvalue weighted by atomic mass is 9.95. The number of phenols is 1. The van der Waals surface area contributed by atoms with E-state index in [-0.39, 0.29) is 23.5 Å². The van der Waals surface area contributed by atoms with Crippen LogP contribution in [0.1, 0.15) is 28.4 Å². The minimum atomic E-state index is -0.486. The molecule has 2 aromatic carbocycles. The maximum Gasteiger partial charge on any atom is 0.174 e. The van der Waals surface area contributed by atoms with Gasteiger partial charge in [-0.25, -0.2) is 0 Å². The summed E-state index contributed by atoms with van der Waals surface area (Å²) in [5.74, 6) is 0.759. The average Bonchev–Trinajstić information content (AvgIpc) is 2.47. The number of benzene rings is 2. The van der Waals surface area contributed by atoms with Gasteiger partial charge in [0.2, 0.25) is 0 Å². The monoisotopic (exact) mass is 304 g/mol. The number of hydrogen-bond donors (Lipinski definition) is 1. The molecule has 1 heterocycles. The van der Waals surface area contributed by atoms with Gasteiger partial charge < -0.3 is 14.6 Å². The molecule has 0 fully saturated rings. The first kappa shape index (κ1) is 13.8. The maximum atomic E-state index is 12.3. The maximum absolute atomic E-state index is 12.3. The lowest BCUT2D eigenvalue weighted by Gasteiger charge is -2.27. The fourth-order valence-corrected chi connectivity index (χ4v) is 2.67. The normalized spacial score (nSPS) is 17.0. The molecule has 0 saturated carbocycles. The quantitative estimate of drug-likeness (QED) is 0.918. The van der Waals surface area contributed by atoms with Crippen LogP contribution in [0.4, 0.5) is 0 Å². The molecular weight excluding hydrogens is 292 g/mol. The SMILES string of the molecule is COc1ccc(Cl)cc1C1CC(=O)c2c(O)cccc2O1. The van der Waals surface area contributed by atoms with Crippen LogP contribution < -0.4 is 9.47 Å². The number of carbonyl (C=O) groups is 1. The minimum absolute atomic E-state index is 0.0611. The van der Waals surface area contributed by atoms with Crippen molar-refractivity contribution in [3.05, 3.63) is 52.5 Å². The number of hydrogen-bond acceptors (Lipinski definition) is 4. The molecule has 108 valence electrons. The lowest BCUT2D eigenvalue weighted by molar-refractivity contribution is 0.0842. The largest absolute Gasteiger partial charge is 0.507 e. The predicted octanol–water partition coefficient (Wildman–Crippen LogP) is 3.76. The molecule has 0 aromatic heterocycles. The minimum Gasteiger partial charge on any atom is -0.507 e. The molecule has 0 saturated heterocycles. The van der Waals surface area contributed by atoms with Crippen LogP contribution in [0.15, 0.2) is 36.4 Å². The summed E-state index contributed by atoms with van der Waals surface area (Å²) in [5.41, 5.74) is 0.946. The van der Waals surface area contributed by atoms with Gasteiger partial charge in [-0.1, -0.05) is 17.7 Å². The average molecular weight is 305 g/mol. The van der Waals surface area contributed by atoms with Crippen molar-refractivity contribution in [2.75, 3.05) is 7.11 Å². The van der Waals surface area contributed by atoms with Crippen molar-refractivity contribution in [1.29, 1.82) is 0 Å². The van der Waals surface area contributed by atoms with Crippen LogP contribution in [0, 0.1) is 0 Å². The summed E-state index contributed by atoms with van der Waals surface area (Å²) in [6.07, 6.45) is -0.359. The molecule has 2 aromatic rings. The Balaban J connectivity index is 2.04. The third-order valence-corrected chi connectivity index (χ3v) is 3.70. The van der Waals surface area contributed by atoms with Crippen LogP contribution in [0.3, 0.4) is 0 Å². The third kappa shape index (κ3) is 2.43. The smallest absolute Gasteiger partial charge is 0.174 e. The van der Waals surface area contributed by atoms with E-state index in [4.69, 9.17) is 21.1 Å². The molecule has 0 spiro atoms. The van der Waals surface area contributed by atoms with E-state index in [9.17, 15) is 9.90 Å². The van der Waals surface area contributed by atoms with Crippen molar-refractivity contribution < 1.29 is 19.4 Å². The standard InChI is InChI=1S/C16H13ClO4/c1-20-13-6-5-9(17)7-10(13)15-8-12(19)16-11(18)3-2-4-14(16)21-15/h2-7,15,18H,8H2,1H3. The molecule has 0 amide bonds. The van der Waals surface area contributed by atoms with Gasteiger partial charge in [0.1, 0.15) is 28.9 Å². The molecule has 21 heavy (non-hydrogen) atoms. The van der Waals surface area contributed by atoms with Crippen molar-refractivity contribution in [3.63, 3.8) is 0 Å². The number of rotatable bonds is 2. The van der Waals surface area contributed by atoms with Crippen molar-refractivity contribution in [2.45, 2.75) is 12.5 Å². The van der Waals surface area contributed by atoms with E-state index in [0.717, 1.165) is 0 Å². The van der Waals surface area contributed by atoms with Gasteiger partial charge in [-0.2, -0.15) is 0 Å². The van der Waals surface area contributed by atoms with E-state index < -0.39 is 6.10 Å². The summed E-state index contributed by atoms with van der Waals surface area (Å²) in [5, 5.41) is 10.3. The molecular formula is C16H13ClO4. The molecule has 5 heteroatoms. The zero-order valence-corrected chi connectivity index (χ0v) is 12.1. The van der Waals surface area contributed by atoms with Gasteiger partial charge in [-0.15, -0.1) is 0 Å².